The summed E-state index contributed by atoms with van der Waals surface area (Å²) >= 11 is 6.11. The lowest BCUT2D eigenvalue weighted by Crippen LogP contribution is -2.50. The summed E-state index contributed by atoms with van der Waals surface area (Å²) in [7, 11) is 0. The van der Waals surface area contributed by atoms with E-state index in [-0.39, 0.29) is 6.61 Å². The minimum Gasteiger partial charge on any atom is -0.392 e. The summed E-state index contributed by atoms with van der Waals surface area (Å²) < 4.78 is 0. The molecule has 3 rings (SSSR count). The molecule has 20 heavy (non-hydrogen) atoms. The van der Waals surface area contributed by atoms with Crippen molar-refractivity contribution < 1.29 is 5.11 Å². The highest BCUT2D eigenvalue weighted by atomic mass is 35.5. The van der Waals surface area contributed by atoms with Gasteiger partial charge in [-0.15, -0.1) is 0 Å². The van der Waals surface area contributed by atoms with Crippen molar-refractivity contribution in [3.63, 3.8) is 0 Å². The van der Waals surface area contributed by atoms with Crippen molar-refractivity contribution in [1.82, 2.24) is 4.90 Å². The Labute approximate surface area is 126 Å². The summed E-state index contributed by atoms with van der Waals surface area (Å²) in [5, 5.41) is 10.2. The first kappa shape index (κ1) is 14.2. The van der Waals surface area contributed by atoms with Gasteiger partial charge in [0, 0.05) is 48.5 Å². The van der Waals surface area contributed by atoms with Crippen LogP contribution < -0.4 is 4.90 Å². The van der Waals surface area contributed by atoms with Gasteiger partial charge in [0.05, 0.1) is 6.61 Å². The van der Waals surface area contributed by atoms with Crippen molar-refractivity contribution in [3.05, 3.63) is 28.8 Å². The van der Waals surface area contributed by atoms with Crippen LogP contribution in [0.25, 0.3) is 0 Å². The van der Waals surface area contributed by atoms with Gasteiger partial charge in [0.1, 0.15) is 0 Å². The van der Waals surface area contributed by atoms with Gasteiger partial charge in [0.2, 0.25) is 0 Å². The normalized spacial score (nSPS) is 21.6. The van der Waals surface area contributed by atoms with Crippen LogP contribution in [0.3, 0.4) is 0 Å². The highest BCUT2D eigenvalue weighted by Gasteiger charge is 2.26. The standard InChI is InChI=1S/C16H23ClN2O/c17-14-6-5-13(12-20)16(11-14)19-9-7-18(8-10-19)15-3-1-2-4-15/h5-6,11,15,20H,1-4,7-10,12H2. The first-order chi connectivity index (χ1) is 9.78. The molecule has 2 aliphatic rings. The predicted octanol–water partition coefficient (Wildman–Crippen LogP) is 2.90. The van der Waals surface area contributed by atoms with Crippen LogP contribution in [0.2, 0.25) is 5.02 Å². The maximum Gasteiger partial charge on any atom is 0.0702 e. The van der Waals surface area contributed by atoms with Crippen molar-refractivity contribution in [1.29, 1.82) is 0 Å². The lowest BCUT2D eigenvalue weighted by Gasteiger charge is -2.39. The molecule has 0 unspecified atom stereocenters. The van der Waals surface area contributed by atoms with Crippen LogP contribution in [0.1, 0.15) is 31.2 Å². The van der Waals surface area contributed by atoms with Crippen LogP contribution in [0.5, 0.6) is 0 Å². The largest absolute Gasteiger partial charge is 0.392 e. The molecule has 0 aromatic heterocycles. The second-order valence-electron chi connectivity index (χ2n) is 5.89. The molecule has 0 amide bonds. The van der Waals surface area contributed by atoms with Crippen LogP contribution in [0.15, 0.2) is 18.2 Å². The van der Waals surface area contributed by atoms with E-state index in [1.165, 1.54) is 25.7 Å². The van der Waals surface area contributed by atoms with Crippen LogP contribution in [-0.4, -0.2) is 42.2 Å². The van der Waals surface area contributed by atoms with Crippen molar-refractivity contribution in [2.75, 3.05) is 31.1 Å². The lowest BCUT2D eigenvalue weighted by molar-refractivity contribution is 0.187. The van der Waals surface area contributed by atoms with Gasteiger partial charge in [0.15, 0.2) is 0 Å². The van der Waals surface area contributed by atoms with Gasteiger partial charge in [-0.05, 0) is 25.0 Å². The Kier molecular flexibility index (Phi) is 4.49. The predicted molar refractivity (Wildman–Crippen MR) is 83.4 cm³/mol. The summed E-state index contributed by atoms with van der Waals surface area (Å²) in [5.41, 5.74) is 2.08. The summed E-state index contributed by atoms with van der Waals surface area (Å²) in [4.78, 5) is 5.01. The quantitative estimate of drug-likeness (QED) is 0.928. The van der Waals surface area contributed by atoms with Gasteiger partial charge in [0.25, 0.3) is 0 Å². The van der Waals surface area contributed by atoms with E-state index in [1.54, 1.807) is 0 Å². The Balaban J connectivity index is 1.67. The molecular weight excluding hydrogens is 272 g/mol. The molecule has 1 N–H and O–H groups in total. The average molecular weight is 295 g/mol. The van der Waals surface area contributed by atoms with Gasteiger partial charge >= 0.3 is 0 Å². The molecular formula is C16H23ClN2O. The SMILES string of the molecule is OCc1ccc(Cl)cc1N1CCN(C2CCCC2)CC1. The molecule has 1 aromatic carbocycles. The Morgan fingerprint density at radius 2 is 1.80 bits per heavy atom. The Bertz CT molecular complexity index is 452. The number of piperazine rings is 1. The van der Waals surface area contributed by atoms with Crippen LogP contribution in [0.4, 0.5) is 5.69 Å². The third-order valence-corrected chi connectivity index (χ3v) is 4.95. The maximum atomic E-state index is 9.48. The van der Waals surface area contributed by atoms with Crippen molar-refractivity contribution in [3.8, 4) is 0 Å². The second kappa shape index (κ2) is 6.33. The van der Waals surface area contributed by atoms with E-state index in [0.29, 0.717) is 0 Å². The number of anilines is 1. The molecule has 2 fully saturated rings. The zero-order chi connectivity index (χ0) is 13.9. The van der Waals surface area contributed by atoms with Gasteiger partial charge in [-0.25, -0.2) is 0 Å². The van der Waals surface area contributed by atoms with Crippen molar-refractivity contribution >= 4 is 17.3 Å². The molecule has 0 radical (unpaired) electrons. The van der Waals surface area contributed by atoms with Crippen LogP contribution in [0, 0.1) is 0 Å². The van der Waals surface area contributed by atoms with Gasteiger partial charge in [-0.3, -0.25) is 4.90 Å². The second-order valence-corrected chi connectivity index (χ2v) is 6.33. The van der Waals surface area contributed by atoms with E-state index in [9.17, 15) is 5.11 Å². The topological polar surface area (TPSA) is 26.7 Å². The summed E-state index contributed by atoms with van der Waals surface area (Å²) in [6.07, 6.45) is 5.54. The zero-order valence-corrected chi connectivity index (χ0v) is 12.6. The fourth-order valence-electron chi connectivity index (χ4n) is 3.56. The first-order valence-electron chi connectivity index (χ1n) is 7.66. The number of aliphatic hydroxyl groups is 1. The minimum absolute atomic E-state index is 0.0787. The number of hydrogen-bond acceptors (Lipinski definition) is 3. The number of benzene rings is 1. The highest BCUT2D eigenvalue weighted by Crippen LogP contribution is 2.28. The molecule has 1 aliphatic heterocycles. The highest BCUT2D eigenvalue weighted by molar-refractivity contribution is 6.30. The molecule has 0 bridgehead atoms. The fraction of sp³-hybridized carbons (Fsp3) is 0.625. The Morgan fingerprint density at radius 1 is 1.10 bits per heavy atom. The van der Waals surface area contributed by atoms with Crippen LogP contribution in [-0.2, 0) is 6.61 Å². The molecule has 3 nitrogen and oxygen atoms in total. The lowest BCUT2D eigenvalue weighted by atomic mass is 10.1. The Hall–Kier alpha value is -0.770. The molecule has 1 saturated heterocycles. The summed E-state index contributed by atoms with van der Waals surface area (Å²) in [5.74, 6) is 0. The number of rotatable bonds is 3. The van der Waals surface area contributed by atoms with Crippen LogP contribution >= 0.6 is 11.6 Å². The molecule has 1 heterocycles. The smallest absolute Gasteiger partial charge is 0.0702 e. The third kappa shape index (κ3) is 2.95. The number of aliphatic hydroxyl groups excluding tert-OH is 1. The van der Waals surface area contributed by atoms with E-state index in [1.807, 2.05) is 18.2 Å². The molecule has 110 valence electrons. The Morgan fingerprint density at radius 3 is 2.45 bits per heavy atom. The number of nitrogens with zero attached hydrogens (tertiary/aromatic N) is 2. The average Bonchev–Trinajstić information content (AvgIpc) is 3.02. The van der Waals surface area contributed by atoms with Crippen molar-refractivity contribution in [2.45, 2.75) is 38.3 Å². The van der Waals surface area contributed by atoms with E-state index in [2.05, 4.69) is 9.80 Å². The molecule has 1 saturated carbocycles. The summed E-state index contributed by atoms with van der Waals surface area (Å²) in [6.45, 7) is 4.40. The maximum absolute atomic E-state index is 9.48. The van der Waals surface area contributed by atoms with Gasteiger partial charge in [-0.2, -0.15) is 0 Å². The molecule has 0 atom stereocenters. The molecule has 0 spiro atoms. The van der Waals surface area contributed by atoms with Gasteiger partial charge in [-0.1, -0.05) is 30.5 Å². The monoisotopic (exact) mass is 294 g/mol. The van der Waals surface area contributed by atoms with Crippen molar-refractivity contribution in [2.24, 2.45) is 0 Å². The van der Waals surface area contributed by atoms with E-state index in [0.717, 1.165) is 48.5 Å². The van der Waals surface area contributed by atoms with E-state index in [4.69, 9.17) is 11.6 Å². The van der Waals surface area contributed by atoms with E-state index >= 15 is 0 Å². The molecule has 1 aromatic rings. The molecule has 4 heteroatoms. The number of hydrogen-bond donors (Lipinski definition) is 1. The minimum atomic E-state index is 0.0787. The molecule has 1 aliphatic carbocycles. The van der Waals surface area contributed by atoms with E-state index < -0.39 is 0 Å². The van der Waals surface area contributed by atoms with Gasteiger partial charge < -0.3 is 10.0 Å². The summed E-state index contributed by atoms with van der Waals surface area (Å²) in [6, 6.07) is 6.58. The third-order valence-electron chi connectivity index (χ3n) is 4.71. The zero-order valence-electron chi connectivity index (χ0n) is 11.9. The fourth-order valence-corrected chi connectivity index (χ4v) is 3.73. The number of halogens is 1. The first-order valence-corrected chi connectivity index (χ1v) is 8.04.